The molecular weight excluding hydrogens is 370 g/mol. The van der Waals surface area contributed by atoms with E-state index in [1.165, 1.54) is 22.7 Å². The molecule has 1 aliphatic heterocycles. The van der Waals surface area contributed by atoms with Crippen molar-refractivity contribution in [1.82, 2.24) is 9.55 Å². The summed E-state index contributed by atoms with van der Waals surface area (Å²) in [5.41, 5.74) is 1.80. The number of ether oxygens (including phenoxy) is 2. The number of hydrogen-bond acceptors (Lipinski definition) is 6. The summed E-state index contributed by atoms with van der Waals surface area (Å²) in [6.07, 6.45) is 0. The molecule has 4 aromatic rings. The van der Waals surface area contributed by atoms with E-state index in [1.54, 1.807) is 0 Å². The predicted molar refractivity (Wildman–Crippen MR) is 101 cm³/mol. The smallest absolute Gasteiger partial charge is 0.308 e. The predicted octanol–water partition coefficient (Wildman–Crippen LogP) is 3.80. The van der Waals surface area contributed by atoms with Crippen molar-refractivity contribution in [3.63, 3.8) is 0 Å². The van der Waals surface area contributed by atoms with Gasteiger partial charge in [0.25, 0.3) is 0 Å². The maximum Gasteiger partial charge on any atom is 0.308 e. The van der Waals surface area contributed by atoms with Crippen molar-refractivity contribution in [2.24, 2.45) is 4.99 Å². The Labute approximate surface area is 156 Å². The molecular formula is C18H13N3O3S2. The topological polar surface area (TPSA) is 65.7 Å². The lowest BCUT2D eigenvalue weighted by atomic mass is 10.3. The van der Waals surface area contributed by atoms with Crippen LogP contribution in [0.3, 0.4) is 0 Å². The lowest BCUT2D eigenvalue weighted by Gasteiger charge is -2.01. The monoisotopic (exact) mass is 383 g/mol. The third-order valence-corrected chi connectivity index (χ3v) is 6.23. The van der Waals surface area contributed by atoms with Gasteiger partial charge in [-0.25, -0.2) is 4.98 Å². The van der Waals surface area contributed by atoms with Gasteiger partial charge in [-0.05, 0) is 19.1 Å². The number of para-hydroxylation sites is 1. The molecule has 0 aliphatic carbocycles. The molecule has 3 heterocycles. The lowest BCUT2D eigenvalue weighted by Crippen LogP contribution is -2.15. The molecule has 0 radical (unpaired) electrons. The molecule has 2 aromatic carbocycles. The molecule has 0 spiro atoms. The average molecular weight is 383 g/mol. The zero-order valence-corrected chi connectivity index (χ0v) is 15.4. The number of thiazole rings is 2. The van der Waals surface area contributed by atoms with E-state index in [1.807, 2.05) is 47.9 Å². The molecule has 130 valence electrons. The average Bonchev–Trinajstić information content (AvgIpc) is 3.35. The Bertz CT molecular complexity index is 1200. The number of rotatable bonds is 2. The fourth-order valence-electron chi connectivity index (χ4n) is 2.95. The van der Waals surface area contributed by atoms with Crippen LogP contribution in [0.2, 0.25) is 0 Å². The first-order valence-corrected chi connectivity index (χ1v) is 9.74. The fraction of sp³-hybridized carbons (Fsp3) is 0.167. The zero-order valence-electron chi connectivity index (χ0n) is 13.8. The lowest BCUT2D eigenvalue weighted by molar-refractivity contribution is 0.0997. The highest BCUT2D eigenvalue weighted by atomic mass is 32.1. The van der Waals surface area contributed by atoms with Gasteiger partial charge in [-0.1, -0.05) is 23.5 Å². The van der Waals surface area contributed by atoms with Gasteiger partial charge < -0.3 is 14.0 Å². The fourth-order valence-corrected chi connectivity index (χ4v) is 4.90. The van der Waals surface area contributed by atoms with Crippen molar-refractivity contribution in [2.45, 2.75) is 13.5 Å². The van der Waals surface area contributed by atoms with E-state index in [9.17, 15) is 4.79 Å². The minimum atomic E-state index is -0.319. The number of amides is 1. The van der Waals surface area contributed by atoms with Crippen LogP contribution >= 0.6 is 22.7 Å². The summed E-state index contributed by atoms with van der Waals surface area (Å²) in [4.78, 5) is 22.0. The zero-order chi connectivity index (χ0) is 17.7. The van der Waals surface area contributed by atoms with E-state index in [4.69, 9.17) is 9.47 Å². The normalized spacial score (nSPS) is 13.8. The van der Waals surface area contributed by atoms with Crippen molar-refractivity contribution in [3.8, 4) is 11.5 Å². The summed E-state index contributed by atoms with van der Waals surface area (Å²) in [5.74, 6) is 1.13. The Morgan fingerprint density at radius 3 is 2.81 bits per heavy atom. The molecule has 1 amide bonds. The highest BCUT2D eigenvalue weighted by molar-refractivity contribution is 7.20. The second kappa shape index (κ2) is 5.93. The molecule has 0 bridgehead atoms. The van der Waals surface area contributed by atoms with Gasteiger partial charge in [-0.2, -0.15) is 4.99 Å². The number of aryl methyl sites for hydroxylation is 1. The van der Waals surface area contributed by atoms with Gasteiger partial charge in [0.05, 0.1) is 20.4 Å². The Balaban J connectivity index is 1.64. The van der Waals surface area contributed by atoms with Crippen LogP contribution in [0.1, 0.15) is 16.7 Å². The highest BCUT2D eigenvalue weighted by Crippen LogP contribution is 2.37. The van der Waals surface area contributed by atoms with Crippen molar-refractivity contribution in [3.05, 3.63) is 46.2 Å². The van der Waals surface area contributed by atoms with Crippen LogP contribution in [0.5, 0.6) is 11.5 Å². The molecule has 0 atom stereocenters. The minimum absolute atomic E-state index is 0.242. The quantitative estimate of drug-likeness (QED) is 0.528. The first kappa shape index (κ1) is 15.5. The number of nitrogens with zero attached hydrogens (tertiary/aromatic N) is 3. The van der Waals surface area contributed by atoms with Crippen molar-refractivity contribution >= 4 is 49.0 Å². The second-order valence-corrected chi connectivity index (χ2v) is 7.75. The summed E-state index contributed by atoms with van der Waals surface area (Å²) < 4.78 is 14.9. The van der Waals surface area contributed by atoms with Gasteiger partial charge >= 0.3 is 5.91 Å². The number of carbonyl (C=O) groups excluding carboxylic acids is 1. The second-order valence-electron chi connectivity index (χ2n) is 5.71. The molecule has 1 aliphatic rings. The number of aromatic nitrogens is 2. The number of fused-ring (bicyclic) bond motifs is 3. The van der Waals surface area contributed by atoms with E-state index in [0.29, 0.717) is 16.4 Å². The Morgan fingerprint density at radius 1 is 1.19 bits per heavy atom. The summed E-state index contributed by atoms with van der Waals surface area (Å²) >= 11 is 2.82. The molecule has 2 aromatic heterocycles. The summed E-state index contributed by atoms with van der Waals surface area (Å²) in [6, 6.07) is 11.6. The van der Waals surface area contributed by atoms with Crippen LogP contribution in [0.15, 0.2) is 41.4 Å². The van der Waals surface area contributed by atoms with Gasteiger partial charge in [0, 0.05) is 18.7 Å². The van der Waals surface area contributed by atoms with E-state index < -0.39 is 0 Å². The van der Waals surface area contributed by atoms with E-state index >= 15 is 0 Å². The minimum Gasteiger partial charge on any atom is -0.454 e. The number of benzene rings is 2. The number of hydrogen-bond donors (Lipinski definition) is 0. The summed E-state index contributed by atoms with van der Waals surface area (Å²) in [7, 11) is 0. The van der Waals surface area contributed by atoms with Gasteiger partial charge in [0.2, 0.25) is 6.79 Å². The Morgan fingerprint density at radius 2 is 2.00 bits per heavy atom. The standard InChI is InChI=1S/C18H13N3O3S2/c1-2-21-11-7-12-13(24-9-23-12)8-15(11)26-18(21)20-16(22)17-19-10-5-3-4-6-14(10)25-17/h3-8H,2,9H2,1H3. The van der Waals surface area contributed by atoms with Gasteiger partial charge in [0.1, 0.15) is 0 Å². The van der Waals surface area contributed by atoms with Crippen molar-refractivity contribution in [2.75, 3.05) is 6.79 Å². The first-order chi connectivity index (χ1) is 12.7. The van der Waals surface area contributed by atoms with Crippen LogP contribution < -0.4 is 14.3 Å². The maximum atomic E-state index is 12.7. The van der Waals surface area contributed by atoms with E-state index in [-0.39, 0.29) is 12.7 Å². The summed E-state index contributed by atoms with van der Waals surface area (Å²) in [6.45, 7) is 2.97. The van der Waals surface area contributed by atoms with Gasteiger partial charge in [-0.3, -0.25) is 4.79 Å². The first-order valence-electron chi connectivity index (χ1n) is 8.10. The Kier molecular flexibility index (Phi) is 3.54. The molecule has 26 heavy (non-hydrogen) atoms. The molecule has 8 heteroatoms. The third kappa shape index (κ3) is 2.41. The highest BCUT2D eigenvalue weighted by Gasteiger charge is 2.18. The largest absolute Gasteiger partial charge is 0.454 e. The molecule has 5 rings (SSSR count). The summed E-state index contributed by atoms with van der Waals surface area (Å²) in [5, 5.41) is 0.403. The maximum absolute atomic E-state index is 12.7. The molecule has 0 N–H and O–H groups in total. The van der Waals surface area contributed by atoms with Crippen LogP contribution in [0, 0.1) is 0 Å². The number of carbonyl (C=O) groups is 1. The third-order valence-electron chi connectivity index (χ3n) is 4.17. The van der Waals surface area contributed by atoms with E-state index in [0.717, 1.165) is 31.9 Å². The molecule has 0 fully saturated rings. The van der Waals surface area contributed by atoms with E-state index in [2.05, 4.69) is 9.98 Å². The molecule has 6 nitrogen and oxygen atoms in total. The Hall–Kier alpha value is -2.71. The van der Waals surface area contributed by atoms with Gasteiger partial charge in [-0.15, -0.1) is 11.3 Å². The van der Waals surface area contributed by atoms with Gasteiger partial charge in [0.15, 0.2) is 21.3 Å². The van der Waals surface area contributed by atoms with Crippen LogP contribution in [0.4, 0.5) is 0 Å². The molecule has 0 unspecified atom stereocenters. The van der Waals surface area contributed by atoms with Crippen LogP contribution in [-0.2, 0) is 6.54 Å². The van der Waals surface area contributed by atoms with Crippen molar-refractivity contribution in [1.29, 1.82) is 0 Å². The molecule has 0 saturated heterocycles. The SMILES string of the molecule is CCn1c(=NC(=O)c2nc3ccccc3s2)sc2cc3c(cc21)OCO3. The van der Waals surface area contributed by atoms with Crippen LogP contribution in [0.25, 0.3) is 20.4 Å². The van der Waals surface area contributed by atoms with Crippen molar-refractivity contribution < 1.29 is 14.3 Å². The van der Waals surface area contributed by atoms with Crippen LogP contribution in [-0.4, -0.2) is 22.3 Å². The molecule has 0 saturated carbocycles.